The van der Waals surface area contributed by atoms with Gasteiger partial charge in [0.2, 0.25) is 0 Å². The van der Waals surface area contributed by atoms with Crippen LogP contribution in [-0.4, -0.2) is 18.1 Å². The van der Waals surface area contributed by atoms with E-state index in [4.69, 9.17) is 4.74 Å². The van der Waals surface area contributed by atoms with Crippen LogP contribution in [0.25, 0.3) is 0 Å². The lowest BCUT2D eigenvalue weighted by Crippen LogP contribution is -2.45. The smallest absolute Gasteiger partial charge is 0.261 e. The van der Waals surface area contributed by atoms with Gasteiger partial charge in [0.05, 0.1) is 0 Å². The molecule has 2 aliphatic rings. The summed E-state index contributed by atoms with van der Waals surface area (Å²) < 4.78 is 5.93. The number of carbonyl (C=O) groups excluding carboxylic acids is 1. The Morgan fingerprint density at radius 3 is 2.76 bits per heavy atom. The molecule has 0 heterocycles. The molecule has 4 atom stereocenters. The molecule has 0 saturated heterocycles. The Morgan fingerprint density at radius 2 is 2.14 bits per heavy atom. The van der Waals surface area contributed by atoms with Gasteiger partial charge in [-0.2, -0.15) is 0 Å². The van der Waals surface area contributed by atoms with Crippen molar-refractivity contribution in [3.8, 4) is 5.75 Å². The molecule has 0 aliphatic heterocycles. The van der Waals surface area contributed by atoms with E-state index in [2.05, 4.69) is 5.32 Å². The van der Waals surface area contributed by atoms with Crippen LogP contribution >= 0.6 is 0 Å². The van der Waals surface area contributed by atoms with Gasteiger partial charge in [-0.15, -0.1) is 0 Å². The number of amides is 1. The Bertz CT molecular complexity index is 514. The fourth-order valence-electron chi connectivity index (χ4n) is 3.86. The van der Waals surface area contributed by atoms with Crippen molar-refractivity contribution in [2.75, 3.05) is 0 Å². The Hall–Kier alpha value is -1.51. The third-order valence-corrected chi connectivity index (χ3v) is 5.09. The van der Waals surface area contributed by atoms with Crippen molar-refractivity contribution in [1.29, 1.82) is 0 Å². The Labute approximate surface area is 127 Å². The lowest BCUT2D eigenvalue weighted by atomic mass is 9.95. The first-order valence-electron chi connectivity index (χ1n) is 8.20. The first-order chi connectivity index (χ1) is 10.2. The summed E-state index contributed by atoms with van der Waals surface area (Å²) in [5, 5.41) is 3.24. The minimum Gasteiger partial charge on any atom is -0.480 e. The van der Waals surface area contributed by atoms with Gasteiger partial charge in [-0.3, -0.25) is 4.79 Å². The van der Waals surface area contributed by atoms with Crippen LogP contribution in [0.5, 0.6) is 5.75 Å². The number of para-hydroxylation sites is 1. The van der Waals surface area contributed by atoms with Crippen LogP contribution in [-0.2, 0) is 4.79 Å². The van der Waals surface area contributed by atoms with Gasteiger partial charge in [0.25, 0.3) is 5.91 Å². The van der Waals surface area contributed by atoms with Crippen LogP contribution in [0, 0.1) is 18.8 Å². The fourth-order valence-corrected chi connectivity index (χ4v) is 3.86. The number of hydrogen-bond acceptors (Lipinski definition) is 2. The average molecular weight is 287 g/mol. The Kier molecular flexibility index (Phi) is 4.18. The standard InChI is InChI=1S/C18H25NO2/c1-3-16(21-17-7-5-4-6-12(17)2)18(20)19-15-11-13-8-9-14(15)10-13/h4-7,13-16H,3,8-11H2,1-2H3,(H,19,20)/t13-,14-,15+,16+/m0/s1. The second-order valence-corrected chi connectivity index (χ2v) is 6.57. The van der Waals surface area contributed by atoms with Gasteiger partial charge in [0.15, 0.2) is 6.10 Å². The van der Waals surface area contributed by atoms with Crippen molar-refractivity contribution in [2.24, 2.45) is 11.8 Å². The van der Waals surface area contributed by atoms with Crippen molar-refractivity contribution < 1.29 is 9.53 Å². The second kappa shape index (κ2) is 6.08. The van der Waals surface area contributed by atoms with E-state index in [1.165, 1.54) is 19.3 Å². The zero-order valence-corrected chi connectivity index (χ0v) is 13.0. The van der Waals surface area contributed by atoms with Crippen LogP contribution in [0.3, 0.4) is 0 Å². The third-order valence-electron chi connectivity index (χ3n) is 5.09. The number of benzene rings is 1. The maximum Gasteiger partial charge on any atom is 0.261 e. The molecule has 2 bridgehead atoms. The lowest BCUT2D eigenvalue weighted by Gasteiger charge is -2.26. The quantitative estimate of drug-likeness (QED) is 0.900. The predicted octanol–water partition coefficient (Wildman–Crippen LogP) is 3.46. The SMILES string of the molecule is CC[C@@H](Oc1ccccc1C)C(=O)N[C@@H]1C[C@H]2CC[C@H]1C2. The van der Waals surface area contributed by atoms with E-state index >= 15 is 0 Å². The molecule has 1 amide bonds. The summed E-state index contributed by atoms with van der Waals surface area (Å²) in [4.78, 5) is 12.5. The molecule has 1 aromatic carbocycles. The number of hydrogen-bond donors (Lipinski definition) is 1. The topological polar surface area (TPSA) is 38.3 Å². The Balaban J connectivity index is 1.60. The van der Waals surface area contributed by atoms with E-state index < -0.39 is 0 Å². The summed E-state index contributed by atoms with van der Waals surface area (Å²) >= 11 is 0. The molecule has 3 nitrogen and oxygen atoms in total. The zero-order valence-electron chi connectivity index (χ0n) is 13.0. The zero-order chi connectivity index (χ0) is 14.8. The molecule has 3 heteroatoms. The highest BCUT2D eigenvalue weighted by Gasteiger charge is 2.40. The molecular weight excluding hydrogens is 262 g/mol. The summed E-state index contributed by atoms with van der Waals surface area (Å²) in [6.45, 7) is 4.01. The summed E-state index contributed by atoms with van der Waals surface area (Å²) in [7, 11) is 0. The first kappa shape index (κ1) is 14.4. The van der Waals surface area contributed by atoms with Gasteiger partial charge < -0.3 is 10.1 Å². The lowest BCUT2D eigenvalue weighted by molar-refractivity contribution is -0.129. The molecule has 1 aromatic rings. The van der Waals surface area contributed by atoms with Crippen molar-refractivity contribution in [3.05, 3.63) is 29.8 Å². The molecule has 2 aliphatic carbocycles. The van der Waals surface area contributed by atoms with Gasteiger partial charge >= 0.3 is 0 Å². The number of rotatable bonds is 5. The summed E-state index contributed by atoms with van der Waals surface area (Å²) in [5.74, 6) is 2.42. The molecule has 1 N–H and O–H groups in total. The summed E-state index contributed by atoms with van der Waals surface area (Å²) in [5.41, 5.74) is 1.07. The molecule has 0 spiro atoms. The van der Waals surface area contributed by atoms with E-state index in [9.17, 15) is 4.79 Å². The normalized spacial score (nSPS) is 28.4. The van der Waals surface area contributed by atoms with Crippen molar-refractivity contribution in [2.45, 2.75) is 58.1 Å². The van der Waals surface area contributed by atoms with E-state index in [1.807, 2.05) is 38.1 Å². The molecule has 21 heavy (non-hydrogen) atoms. The maximum absolute atomic E-state index is 12.5. The molecule has 2 saturated carbocycles. The highest BCUT2D eigenvalue weighted by atomic mass is 16.5. The molecule has 0 unspecified atom stereocenters. The van der Waals surface area contributed by atoms with E-state index in [0.717, 1.165) is 23.7 Å². The molecule has 2 fully saturated rings. The van der Waals surface area contributed by atoms with E-state index in [-0.39, 0.29) is 12.0 Å². The van der Waals surface area contributed by atoms with Gasteiger partial charge in [0, 0.05) is 6.04 Å². The molecule has 3 rings (SSSR count). The number of ether oxygens (including phenoxy) is 1. The number of nitrogens with one attached hydrogen (secondary N) is 1. The van der Waals surface area contributed by atoms with Gasteiger partial charge in [-0.25, -0.2) is 0 Å². The highest BCUT2D eigenvalue weighted by Crippen LogP contribution is 2.44. The molecule has 0 aromatic heterocycles. The highest BCUT2D eigenvalue weighted by molar-refractivity contribution is 5.81. The molecular formula is C18H25NO2. The third kappa shape index (κ3) is 3.07. The minimum atomic E-state index is -0.384. The van der Waals surface area contributed by atoms with Crippen LogP contribution in [0.1, 0.15) is 44.6 Å². The molecule has 114 valence electrons. The second-order valence-electron chi connectivity index (χ2n) is 6.57. The van der Waals surface area contributed by atoms with Crippen molar-refractivity contribution >= 4 is 5.91 Å². The van der Waals surface area contributed by atoms with Crippen LogP contribution in [0.15, 0.2) is 24.3 Å². The van der Waals surface area contributed by atoms with Gasteiger partial charge in [-0.05, 0) is 56.1 Å². The van der Waals surface area contributed by atoms with Crippen molar-refractivity contribution in [3.63, 3.8) is 0 Å². The number of aryl methyl sites for hydroxylation is 1. The summed E-state index contributed by atoms with van der Waals surface area (Å²) in [6.07, 6.45) is 5.42. The predicted molar refractivity (Wildman–Crippen MR) is 83.3 cm³/mol. The van der Waals surface area contributed by atoms with E-state index in [0.29, 0.717) is 18.4 Å². The fraction of sp³-hybridized carbons (Fsp3) is 0.611. The first-order valence-corrected chi connectivity index (χ1v) is 8.20. The largest absolute Gasteiger partial charge is 0.480 e. The van der Waals surface area contributed by atoms with Crippen molar-refractivity contribution in [1.82, 2.24) is 5.32 Å². The molecule has 0 radical (unpaired) electrons. The average Bonchev–Trinajstić information content (AvgIpc) is 3.09. The van der Waals surface area contributed by atoms with Crippen LogP contribution in [0.2, 0.25) is 0 Å². The van der Waals surface area contributed by atoms with E-state index in [1.54, 1.807) is 0 Å². The van der Waals surface area contributed by atoms with Crippen LogP contribution in [0.4, 0.5) is 0 Å². The van der Waals surface area contributed by atoms with Gasteiger partial charge in [0.1, 0.15) is 5.75 Å². The van der Waals surface area contributed by atoms with Crippen LogP contribution < -0.4 is 10.1 Å². The van der Waals surface area contributed by atoms with Gasteiger partial charge in [-0.1, -0.05) is 31.5 Å². The maximum atomic E-state index is 12.5. The monoisotopic (exact) mass is 287 g/mol. The minimum absolute atomic E-state index is 0.0540. The number of carbonyl (C=O) groups is 1. The summed E-state index contributed by atoms with van der Waals surface area (Å²) in [6, 6.07) is 8.26. The Morgan fingerprint density at radius 1 is 1.33 bits per heavy atom. The number of fused-ring (bicyclic) bond motifs is 2.